The summed E-state index contributed by atoms with van der Waals surface area (Å²) in [6, 6.07) is 0. The quantitative estimate of drug-likeness (QED) is 0.533. The molecule has 0 aromatic rings. The van der Waals surface area contributed by atoms with Crippen LogP contribution in [0, 0.1) is 33.5 Å². The van der Waals surface area contributed by atoms with Crippen LogP contribution in [0.3, 0.4) is 0 Å². The summed E-state index contributed by atoms with van der Waals surface area (Å²) in [6.07, 6.45) is 2.86. The van der Waals surface area contributed by atoms with Gasteiger partial charge < -0.3 is 0 Å². The third-order valence-corrected chi connectivity index (χ3v) is 7.27. The van der Waals surface area contributed by atoms with Gasteiger partial charge in [0.25, 0.3) is 0 Å². The lowest BCUT2D eigenvalue weighted by molar-refractivity contribution is 0.00378. The van der Waals surface area contributed by atoms with Crippen molar-refractivity contribution >= 4 is 0 Å². The molecule has 2 atom stereocenters. The Kier molecular flexibility index (Phi) is 2.24. The van der Waals surface area contributed by atoms with Gasteiger partial charge in [0.15, 0.2) is 0 Å². The van der Waals surface area contributed by atoms with Crippen molar-refractivity contribution in [2.75, 3.05) is 0 Å². The van der Waals surface area contributed by atoms with E-state index in [4.69, 9.17) is 0 Å². The third-order valence-electron chi connectivity index (χ3n) is 7.27. The first-order valence-corrected chi connectivity index (χ1v) is 6.96. The molecule has 0 amide bonds. The second kappa shape index (κ2) is 2.87. The van der Waals surface area contributed by atoms with E-state index in [2.05, 4.69) is 55.4 Å². The lowest BCUT2D eigenvalue weighted by Gasteiger charge is -2.48. The predicted molar refractivity (Wildman–Crippen MR) is 71.3 cm³/mol. The summed E-state index contributed by atoms with van der Waals surface area (Å²) in [7, 11) is 0. The van der Waals surface area contributed by atoms with Gasteiger partial charge in [-0.15, -0.1) is 0 Å². The number of fused-ring (bicyclic) bond motifs is 1. The Bertz CT molecular complexity index is 304. The van der Waals surface area contributed by atoms with E-state index in [0.717, 1.165) is 11.8 Å². The second-order valence-corrected chi connectivity index (χ2v) is 8.68. The molecule has 2 saturated carbocycles. The molecule has 0 aliphatic heterocycles. The van der Waals surface area contributed by atoms with Crippen LogP contribution in [0.1, 0.15) is 68.2 Å². The maximum Gasteiger partial charge on any atom is -0.0246 e. The van der Waals surface area contributed by atoms with Crippen molar-refractivity contribution in [2.24, 2.45) is 33.5 Å². The van der Waals surface area contributed by atoms with Crippen molar-refractivity contribution in [1.29, 1.82) is 0 Å². The first kappa shape index (κ1) is 12.5. The van der Waals surface area contributed by atoms with Crippen molar-refractivity contribution < 1.29 is 0 Å². The molecule has 2 aliphatic carbocycles. The summed E-state index contributed by atoms with van der Waals surface area (Å²) in [4.78, 5) is 0. The van der Waals surface area contributed by atoms with Gasteiger partial charge in [-0.1, -0.05) is 55.4 Å². The highest BCUT2D eigenvalue weighted by atomic mass is 14.7. The molecule has 0 aromatic heterocycles. The fraction of sp³-hybridized carbons (Fsp3) is 1.00. The summed E-state index contributed by atoms with van der Waals surface area (Å²) in [6.45, 7) is 20.1. The molecule has 0 N–H and O–H groups in total. The molecular formula is C16H30. The summed E-state index contributed by atoms with van der Waals surface area (Å²) < 4.78 is 0. The van der Waals surface area contributed by atoms with E-state index in [9.17, 15) is 0 Å². The molecule has 2 rings (SSSR count). The summed E-state index contributed by atoms with van der Waals surface area (Å²) in [5, 5.41) is 0. The second-order valence-electron chi connectivity index (χ2n) is 8.68. The Labute approximate surface area is 102 Å². The molecule has 0 nitrogen and oxygen atoms in total. The van der Waals surface area contributed by atoms with E-state index in [1.807, 2.05) is 0 Å². The van der Waals surface area contributed by atoms with Crippen LogP contribution in [0.2, 0.25) is 0 Å². The topological polar surface area (TPSA) is 0 Å². The SMILES string of the molecule is CC1(C)CCC2C1C(C)(C)C(C)(C)C2(C)C. The molecule has 0 bridgehead atoms. The molecule has 94 valence electrons. The number of hydrogen-bond donors (Lipinski definition) is 0. The standard InChI is InChI=1S/C16H30/c1-13(2)10-9-11-12(13)15(5,6)16(7,8)14(11,3)4/h11-12H,9-10H2,1-8H3. The van der Waals surface area contributed by atoms with Crippen LogP contribution in [0.15, 0.2) is 0 Å². The molecule has 0 radical (unpaired) electrons. The smallest absolute Gasteiger partial charge is 0.0246 e. The normalized spacial score (nSPS) is 42.0. The zero-order chi connectivity index (χ0) is 12.6. The maximum atomic E-state index is 2.52. The van der Waals surface area contributed by atoms with Gasteiger partial charge >= 0.3 is 0 Å². The van der Waals surface area contributed by atoms with Crippen molar-refractivity contribution in [3.63, 3.8) is 0 Å². The first-order valence-electron chi connectivity index (χ1n) is 6.96. The van der Waals surface area contributed by atoms with E-state index in [1.54, 1.807) is 0 Å². The zero-order valence-corrected chi connectivity index (χ0v) is 12.6. The average Bonchev–Trinajstić information content (AvgIpc) is 2.44. The molecule has 2 unspecified atom stereocenters. The van der Waals surface area contributed by atoms with Crippen LogP contribution >= 0.6 is 0 Å². The monoisotopic (exact) mass is 222 g/mol. The van der Waals surface area contributed by atoms with Gasteiger partial charge in [-0.05, 0) is 46.3 Å². The van der Waals surface area contributed by atoms with Gasteiger partial charge in [0.2, 0.25) is 0 Å². The minimum Gasteiger partial charge on any atom is -0.0596 e. The predicted octanol–water partition coefficient (Wildman–Crippen LogP) is 5.13. The van der Waals surface area contributed by atoms with E-state index in [0.29, 0.717) is 21.7 Å². The van der Waals surface area contributed by atoms with Gasteiger partial charge in [-0.25, -0.2) is 0 Å². The van der Waals surface area contributed by atoms with Crippen molar-refractivity contribution in [3.8, 4) is 0 Å². The molecule has 0 aromatic carbocycles. The lowest BCUT2D eigenvalue weighted by atomic mass is 9.56. The molecule has 2 aliphatic rings. The van der Waals surface area contributed by atoms with Crippen LogP contribution in [0.4, 0.5) is 0 Å². The minimum absolute atomic E-state index is 0.438. The van der Waals surface area contributed by atoms with Gasteiger partial charge in [-0.2, -0.15) is 0 Å². The van der Waals surface area contributed by atoms with Crippen LogP contribution in [-0.2, 0) is 0 Å². The Morgan fingerprint density at radius 1 is 0.750 bits per heavy atom. The largest absolute Gasteiger partial charge is 0.0596 e. The van der Waals surface area contributed by atoms with E-state index >= 15 is 0 Å². The molecule has 16 heavy (non-hydrogen) atoms. The van der Waals surface area contributed by atoms with Crippen molar-refractivity contribution in [1.82, 2.24) is 0 Å². The maximum absolute atomic E-state index is 2.52. The van der Waals surface area contributed by atoms with E-state index in [1.165, 1.54) is 12.8 Å². The number of rotatable bonds is 0. The Balaban J connectivity index is 2.56. The average molecular weight is 222 g/mol. The van der Waals surface area contributed by atoms with Gasteiger partial charge in [-0.3, -0.25) is 0 Å². The van der Waals surface area contributed by atoms with Gasteiger partial charge in [0, 0.05) is 0 Å². The van der Waals surface area contributed by atoms with Crippen LogP contribution < -0.4 is 0 Å². The highest BCUT2D eigenvalue weighted by Crippen LogP contribution is 2.75. The van der Waals surface area contributed by atoms with E-state index < -0.39 is 0 Å². The number of hydrogen-bond acceptors (Lipinski definition) is 0. The van der Waals surface area contributed by atoms with E-state index in [-0.39, 0.29) is 0 Å². The Morgan fingerprint density at radius 3 is 1.69 bits per heavy atom. The zero-order valence-electron chi connectivity index (χ0n) is 12.6. The molecule has 0 heteroatoms. The molecular weight excluding hydrogens is 192 g/mol. The molecule has 0 saturated heterocycles. The highest BCUT2D eigenvalue weighted by molar-refractivity contribution is 5.16. The lowest BCUT2D eigenvalue weighted by Crippen LogP contribution is -2.41. The summed E-state index contributed by atoms with van der Waals surface area (Å²) in [5.41, 5.74) is 1.92. The molecule has 2 fully saturated rings. The van der Waals surface area contributed by atoms with Crippen LogP contribution in [0.25, 0.3) is 0 Å². The first-order chi connectivity index (χ1) is 6.96. The third kappa shape index (κ3) is 1.12. The molecule has 0 spiro atoms. The van der Waals surface area contributed by atoms with Crippen LogP contribution in [0.5, 0.6) is 0 Å². The van der Waals surface area contributed by atoms with Crippen LogP contribution in [-0.4, -0.2) is 0 Å². The van der Waals surface area contributed by atoms with Gasteiger partial charge in [0.05, 0.1) is 0 Å². The Morgan fingerprint density at radius 2 is 1.25 bits per heavy atom. The Hall–Kier alpha value is 0. The highest BCUT2D eigenvalue weighted by Gasteiger charge is 2.68. The van der Waals surface area contributed by atoms with Crippen molar-refractivity contribution in [2.45, 2.75) is 68.2 Å². The molecule has 0 heterocycles. The fourth-order valence-electron chi connectivity index (χ4n) is 5.33. The summed E-state index contributed by atoms with van der Waals surface area (Å²) >= 11 is 0. The summed E-state index contributed by atoms with van der Waals surface area (Å²) in [5.74, 6) is 1.82. The fourth-order valence-corrected chi connectivity index (χ4v) is 5.33. The van der Waals surface area contributed by atoms with Gasteiger partial charge in [0.1, 0.15) is 0 Å². The van der Waals surface area contributed by atoms with Crippen molar-refractivity contribution in [3.05, 3.63) is 0 Å². The minimum atomic E-state index is 0.438.